The Morgan fingerprint density at radius 3 is 1.83 bits per heavy atom. The fourth-order valence-corrected chi connectivity index (χ4v) is 7.22. The molecule has 1 saturated carbocycles. The van der Waals surface area contributed by atoms with E-state index in [1.54, 1.807) is 24.3 Å². The third kappa shape index (κ3) is 2.55. The Morgan fingerprint density at radius 1 is 0.743 bits per heavy atom. The minimum Gasteiger partial charge on any atom is -0.298 e. The number of carbonyl (C=O) groups excluding carboxylic acids is 3. The van der Waals surface area contributed by atoms with Crippen LogP contribution in [0.15, 0.2) is 84.9 Å². The van der Waals surface area contributed by atoms with Crippen LogP contribution >= 0.6 is 11.6 Å². The Labute approximate surface area is 209 Å². The van der Waals surface area contributed by atoms with Gasteiger partial charge in [-0.05, 0) is 47.8 Å². The van der Waals surface area contributed by atoms with Gasteiger partial charge in [-0.1, -0.05) is 91.3 Å². The monoisotopic (exact) mass is 481 g/mol. The zero-order valence-electron chi connectivity index (χ0n) is 19.5. The van der Waals surface area contributed by atoms with Gasteiger partial charge in [0.05, 0.1) is 33.4 Å². The van der Waals surface area contributed by atoms with Crippen molar-refractivity contribution in [2.45, 2.75) is 20.3 Å². The van der Waals surface area contributed by atoms with E-state index in [9.17, 15) is 14.4 Å². The summed E-state index contributed by atoms with van der Waals surface area (Å²) in [6.45, 7) is 3.82. The fraction of sp³-hybridized carbons (Fsp3) is 0.233. The first-order valence-electron chi connectivity index (χ1n) is 11.9. The molecule has 6 rings (SSSR count). The van der Waals surface area contributed by atoms with Gasteiger partial charge in [0.1, 0.15) is 0 Å². The number of imide groups is 1. The summed E-state index contributed by atoms with van der Waals surface area (Å²) in [7, 11) is 0. The van der Waals surface area contributed by atoms with E-state index in [0.29, 0.717) is 17.1 Å². The van der Waals surface area contributed by atoms with Gasteiger partial charge in [0.15, 0.2) is 5.78 Å². The highest BCUT2D eigenvalue weighted by atomic mass is 35.5. The fourth-order valence-electron chi connectivity index (χ4n) is 7.00. The number of para-hydroxylation sites is 1. The third-order valence-corrected chi connectivity index (χ3v) is 8.65. The van der Waals surface area contributed by atoms with Crippen LogP contribution in [0.1, 0.15) is 31.4 Å². The quantitative estimate of drug-likeness (QED) is 0.426. The second kappa shape index (κ2) is 7.50. The number of rotatable bonds is 4. The third-order valence-electron chi connectivity index (χ3n) is 8.33. The van der Waals surface area contributed by atoms with Crippen LogP contribution in [-0.2, 0) is 14.4 Å². The van der Waals surface area contributed by atoms with Crippen molar-refractivity contribution in [1.29, 1.82) is 0 Å². The first-order chi connectivity index (χ1) is 16.9. The SMILES string of the molecule is CC[C@]12C(=O)[C@@](C)(C(c3ccccc3)=C1c1ccccc1)[C@@H]1C(=O)N(c3ccccc3Cl)C(=O)[C@@H]12. The summed E-state index contributed by atoms with van der Waals surface area (Å²) < 4.78 is 0. The Hall–Kier alpha value is -3.50. The Kier molecular flexibility index (Phi) is 4.71. The standard InChI is InChI=1S/C30H24ClNO3/c1-3-30-23(19-14-8-5-9-15-19)22(18-12-6-4-7-13-18)29(2,28(30)35)24-25(30)27(34)32(26(24)33)21-17-11-10-16-20(21)31/h4-17,24-25H,3H2,1-2H3/t24-,25+,29-,30-/m0/s1. The maximum absolute atomic E-state index is 14.4. The molecule has 1 aliphatic heterocycles. The molecular weight excluding hydrogens is 458 g/mol. The molecular formula is C30H24ClNO3. The first-order valence-corrected chi connectivity index (χ1v) is 12.3. The first kappa shape index (κ1) is 22.0. The molecule has 2 bridgehead atoms. The van der Waals surface area contributed by atoms with Crippen LogP contribution in [0.3, 0.4) is 0 Å². The molecule has 3 aliphatic rings. The molecule has 2 amide bonds. The van der Waals surface area contributed by atoms with Gasteiger partial charge in [-0.15, -0.1) is 0 Å². The van der Waals surface area contributed by atoms with E-state index in [1.165, 1.54) is 4.90 Å². The van der Waals surface area contributed by atoms with Gasteiger partial charge in [0.25, 0.3) is 0 Å². The average Bonchev–Trinajstić information content (AvgIpc) is 3.35. The summed E-state index contributed by atoms with van der Waals surface area (Å²) in [5, 5.41) is 0.336. The normalized spacial score (nSPS) is 29.3. The number of allylic oxidation sites excluding steroid dienone is 2. The lowest BCUT2D eigenvalue weighted by molar-refractivity contribution is -0.134. The number of amides is 2. The molecule has 1 heterocycles. The van der Waals surface area contributed by atoms with E-state index in [0.717, 1.165) is 22.3 Å². The lowest BCUT2D eigenvalue weighted by atomic mass is 9.62. The minimum atomic E-state index is -1.13. The molecule has 0 radical (unpaired) electrons. The molecule has 0 N–H and O–H groups in total. The number of benzene rings is 3. The van der Waals surface area contributed by atoms with Crippen LogP contribution in [-0.4, -0.2) is 17.6 Å². The van der Waals surface area contributed by atoms with E-state index in [1.807, 2.05) is 74.5 Å². The van der Waals surface area contributed by atoms with Gasteiger partial charge < -0.3 is 0 Å². The highest BCUT2D eigenvalue weighted by Gasteiger charge is 2.79. The zero-order chi connectivity index (χ0) is 24.5. The van der Waals surface area contributed by atoms with Crippen molar-refractivity contribution in [3.63, 3.8) is 0 Å². The largest absolute Gasteiger partial charge is 0.298 e. The number of nitrogens with zero attached hydrogens (tertiary/aromatic N) is 1. The van der Waals surface area contributed by atoms with Crippen molar-refractivity contribution in [1.82, 2.24) is 0 Å². The molecule has 2 fully saturated rings. The van der Waals surface area contributed by atoms with Crippen molar-refractivity contribution in [3.05, 3.63) is 101 Å². The number of fused-ring (bicyclic) bond motifs is 5. The lowest BCUT2D eigenvalue weighted by Crippen LogP contribution is -2.41. The average molecular weight is 482 g/mol. The number of Topliss-reactive ketones (excluding diaryl/α,β-unsaturated/α-hetero) is 1. The van der Waals surface area contributed by atoms with Gasteiger partial charge in [-0.25, -0.2) is 4.90 Å². The smallest absolute Gasteiger partial charge is 0.239 e. The Morgan fingerprint density at radius 2 is 1.26 bits per heavy atom. The summed E-state index contributed by atoms with van der Waals surface area (Å²) in [6.07, 6.45) is 0.429. The summed E-state index contributed by atoms with van der Waals surface area (Å²) >= 11 is 6.44. The summed E-state index contributed by atoms with van der Waals surface area (Å²) in [6, 6.07) is 26.5. The van der Waals surface area contributed by atoms with Gasteiger partial charge in [-0.3, -0.25) is 14.4 Å². The second-order valence-electron chi connectivity index (χ2n) is 9.76. The molecule has 4 atom stereocenters. The molecule has 1 saturated heterocycles. The molecule has 2 aliphatic carbocycles. The van der Waals surface area contributed by atoms with Gasteiger partial charge in [-0.2, -0.15) is 0 Å². The van der Waals surface area contributed by atoms with E-state index >= 15 is 0 Å². The van der Waals surface area contributed by atoms with E-state index in [4.69, 9.17) is 11.6 Å². The van der Waals surface area contributed by atoms with Crippen molar-refractivity contribution >= 4 is 46.0 Å². The molecule has 5 heteroatoms. The van der Waals surface area contributed by atoms with Crippen LogP contribution < -0.4 is 4.90 Å². The molecule has 0 unspecified atom stereocenters. The lowest BCUT2D eigenvalue weighted by Gasteiger charge is -2.37. The maximum Gasteiger partial charge on any atom is 0.239 e. The molecule has 174 valence electrons. The highest BCUT2D eigenvalue weighted by Crippen LogP contribution is 2.74. The number of carbonyl (C=O) groups is 3. The summed E-state index contributed by atoms with van der Waals surface area (Å²) in [5.74, 6) is -2.26. The molecule has 0 aromatic heterocycles. The topological polar surface area (TPSA) is 54.5 Å². The molecule has 0 spiro atoms. The zero-order valence-corrected chi connectivity index (χ0v) is 20.3. The van der Waals surface area contributed by atoms with Crippen LogP contribution in [0.25, 0.3) is 11.1 Å². The maximum atomic E-state index is 14.4. The van der Waals surface area contributed by atoms with Gasteiger partial charge in [0, 0.05) is 0 Å². The van der Waals surface area contributed by atoms with Crippen LogP contribution in [0.4, 0.5) is 5.69 Å². The predicted molar refractivity (Wildman–Crippen MR) is 136 cm³/mol. The predicted octanol–water partition coefficient (Wildman–Crippen LogP) is 6.06. The summed E-state index contributed by atoms with van der Waals surface area (Å²) in [4.78, 5) is 43.8. The Bertz CT molecular complexity index is 1430. The van der Waals surface area contributed by atoms with Gasteiger partial charge in [0.2, 0.25) is 11.8 Å². The van der Waals surface area contributed by atoms with Crippen molar-refractivity contribution < 1.29 is 14.4 Å². The van der Waals surface area contributed by atoms with Crippen LogP contribution in [0, 0.1) is 22.7 Å². The van der Waals surface area contributed by atoms with Crippen molar-refractivity contribution in [2.75, 3.05) is 4.90 Å². The van der Waals surface area contributed by atoms with Crippen molar-refractivity contribution in [2.24, 2.45) is 22.7 Å². The van der Waals surface area contributed by atoms with E-state index < -0.39 is 22.7 Å². The molecule has 35 heavy (non-hydrogen) atoms. The molecule has 3 aromatic carbocycles. The van der Waals surface area contributed by atoms with Crippen LogP contribution in [0.5, 0.6) is 0 Å². The summed E-state index contributed by atoms with van der Waals surface area (Å²) in [5.41, 5.74) is 1.72. The molecule has 3 aromatic rings. The van der Waals surface area contributed by atoms with Gasteiger partial charge >= 0.3 is 0 Å². The number of ketones is 1. The Balaban J connectivity index is 1.66. The van der Waals surface area contributed by atoms with E-state index in [2.05, 4.69) is 0 Å². The van der Waals surface area contributed by atoms with Crippen LogP contribution in [0.2, 0.25) is 5.02 Å². The number of hydrogen-bond acceptors (Lipinski definition) is 3. The van der Waals surface area contributed by atoms with Crippen molar-refractivity contribution in [3.8, 4) is 0 Å². The number of hydrogen-bond donors (Lipinski definition) is 0. The minimum absolute atomic E-state index is 0.0271. The highest BCUT2D eigenvalue weighted by molar-refractivity contribution is 6.38. The number of halogens is 1. The second-order valence-corrected chi connectivity index (χ2v) is 10.2. The molecule has 4 nitrogen and oxygen atoms in total. The van der Waals surface area contributed by atoms with E-state index in [-0.39, 0.29) is 17.6 Å². The number of anilines is 1.